The highest BCUT2D eigenvalue weighted by molar-refractivity contribution is 5.97. The summed E-state index contributed by atoms with van der Waals surface area (Å²) in [6.45, 7) is 5.90. The maximum absolute atomic E-state index is 12.2. The lowest BCUT2D eigenvalue weighted by Gasteiger charge is -2.40. The van der Waals surface area contributed by atoms with Crippen LogP contribution in [0.5, 0.6) is 5.88 Å². The molecule has 0 saturated carbocycles. The molecular weight excluding hydrogens is 286 g/mol. The number of aromatic nitrogens is 1. The first-order valence-corrected chi connectivity index (χ1v) is 7.10. The van der Waals surface area contributed by atoms with Crippen LogP contribution in [0.4, 0.5) is 10.5 Å². The van der Waals surface area contributed by atoms with Gasteiger partial charge in [-0.1, -0.05) is 0 Å². The SMILES string of the molecule is COc1ccc(NC(=O)C2CCN2C(=O)OC(C)(C)C)cn1. The molecular formula is C15H21N3O4. The molecule has 1 fully saturated rings. The van der Waals surface area contributed by atoms with E-state index < -0.39 is 17.7 Å². The molecule has 1 saturated heterocycles. The number of carbonyl (C=O) groups is 2. The molecule has 2 rings (SSSR count). The van der Waals surface area contributed by atoms with Gasteiger partial charge >= 0.3 is 6.09 Å². The fraction of sp³-hybridized carbons (Fsp3) is 0.533. The number of carbonyl (C=O) groups excluding carboxylic acids is 2. The number of anilines is 1. The van der Waals surface area contributed by atoms with E-state index in [0.29, 0.717) is 24.5 Å². The predicted molar refractivity (Wildman–Crippen MR) is 80.8 cm³/mol. The van der Waals surface area contributed by atoms with Crippen LogP contribution in [0.15, 0.2) is 18.3 Å². The lowest BCUT2D eigenvalue weighted by atomic mass is 10.0. The van der Waals surface area contributed by atoms with Crippen LogP contribution in [-0.2, 0) is 9.53 Å². The van der Waals surface area contributed by atoms with Crippen molar-refractivity contribution < 1.29 is 19.1 Å². The van der Waals surface area contributed by atoms with E-state index in [4.69, 9.17) is 9.47 Å². The fourth-order valence-corrected chi connectivity index (χ4v) is 2.00. The van der Waals surface area contributed by atoms with E-state index >= 15 is 0 Å². The second-order valence-electron chi connectivity index (χ2n) is 6.06. The van der Waals surface area contributed by atoms with Gasteiger partial charge in [-0.3, -0.25) is 9.69 Å². The zero-order chi connectivity index (χ0) is 16.3. The first-order chi connectivity index (χ1) is 10.3. The summed E-state index contributed by atoms with van der Waals surface area (Å²) < 4.78 is 10.2. The van der Waals surface area contributed by atoms with Crippen molar-refractivity contribution in [1.29, 1.82) is 0 Å². The molecule has 0 spiro atoms. The summed E-state index contributed by atoms with van der Waals surface area (Å²) in [5.41, 5.74) is -0.0185. The van der Waals surface area contributed by atoms with Gasteiger partial charge < -0.3 is 14.8 Å². The van der Waals surface area contributed by atoms with Crippen LogP contribution >= 0.6 is 0 Å². The number of pyridine rings is 1. The normalized spacial score (nSPS) is 17.5. The van der Waals surface area contributed by atoms with Crippen molar-refractivity contribution >= 4 is 17.7 Å². The zero-order valence-electron chi connectivity index (χ0n) is 13.3. The number of rotatable bonds is 3. The molecule has 1 unspecified atom stereocenters. The van der Waals surface area contributed by atoms with Crippen LogP contribution in [0.2, 0.25) is 0 Å². The summed E-state index contributed by atoms with van der Waals surface area (Å²) >= 11 is 0. The number of nitrogens with zero attached hydrogens (tertiary/aromatic N) is 2. The van der Waals surface area contributed by atoms with Crippen molar-refractivity contribution in [3.63, 3.8) is 0 Å². The number of hydrogen-bond donors (Lipinski definition) is 1. The number of nitrogens with one attached hydrogen (secondary N) is 1. The van der Waals surface area contributed by atoms with Crippen molar-refractivity contribution in [2.45, 2.75) is 38.8 Å². The average Bonchev–Trinajstić information content (AvgIpc) is 2.35. The van der Waals surface area contributed by atoms with E-state index in [2.05, 4.69) is 10.3 Å². The molecule has 0 bridgehead atoms. The fourth-order valence-electron chi connectivity index (χ4n) is 2.00. The third-order valence-electron chi connectivity index (χ3n) is 3.16. The van der Waals surface area contributed by atoms with Crippen molar-refractivity contribution in [3.8, 4) is 5.88 Å². The highest BCUT2D eigenvalue weighted by Crippen LogP contribution is 2.23. The molecule has 1 aromatic heterocycles. The molecule has 1 atom stereocenters. The monoisotopic (exact) mass is 307 g/mol. The third-order valence-corrected chi connectivity index (χ3v) is 3.16. The predicted octanol–water partition coefficient (Wildman–Crippen LogP) is 2.04. The topological polar surface area (TPSA) is 80.8 Å². The Morgan fingerprint density at radius 2 is 2.09 bits per heavy atom. The average molecular weight is 307 g/mol. The second-order valence-corrected chi connectivity index (χ2v) is 6.06. The van der Waals surface area contributed by atoms with E-state index in [0.717, 1.165) is 0 Å². The lowest BCUT2D eigenvalue weighted by molar-refractivity contribution is -0.125. The molecule has 2 heterocycles. The Hall–Kier alpha value is -2.31. The molecule has 120 valence electrons. The second kappa shape index (κ2) is 6.21. The first kappa shape index (κ1) is 16.1. The summed E-state index contributed by atoms with van der Waals surface area (Å²) in [7, 11) is 1.52. The highest BCUT2D eigenvalue weighted by Gasteiger charge is 2.39. The van der Waals surface area contributed by atoms with Gasteiger partial charge in [0.05, 0.1) is 19.0 Å². The Labute approximate surface area is 129 Å². The maximum atomic E-state index is 12.2. The van der Waals surface area contributed by atoms with Gasteiger partial charge in [0, 0.05) is 12.6 Å². The molecule has 1 aliphatic rings. The summed E-state index contributed by atoms with van der Waals surface area (Å²) in [5, 5.41) is 2.74. The minimum Gasteiger partial charge on any atom is -0.481 e. The van der Waals surface area contributed by atoms with Gasteiger partial charge in [-0.05, 0) is 33.3 Å². The van der Waals surface area contributed by atoms with E-state index in [-0.39, 0.29) is 5.91 Å². The van der Waals surface area contributed by atoms with Gasteiger partial charge in [-0.15, -0.1) is 0 Å². The summed E-state index contributed by atoms with van der Waals surface area (Å²) in [6.07, 6.45) is 1.66. The molecule has 7 heteroatoms. The standard InChI is InChI=1S/C15H21N3O4/c1-15(2,3)22-14(20)18-8-7-11(18)13(19)17-10-5-6-12(21-4)16-9-10/h5-6,9,11H,7-8H2,1-4H3,(H,17,19). The van der Waals surface area contributed by atoms with Crippen LogP contribution < -0.4 is 10.1 Å². The number of amides is 2. The molecule has 0 aliphatic carbocycles. The van der Waals surface area contributed by atoms with E-state index in [1.165, 1.54) is 18.2 Å². The molecule has 2 amide bonds. The number of hydrogen-bond acceptors (Lipinski definition) is 5. The molecule has 1 N–H and O–H groups in total. The van der Waals surface area contributed by atoms with Crippen LogP contribution in [0.3, 0.4) is 0 Å². The Morgan fingerprint density at radius 3 is 2.55 bits per heavy atom. The number of likely N-dealkylation sites (tertiary alicyclic amines) is 1. The Kier molecular flexibility index (Phi) is 4.54. The molecule has 1 aromatic rings. The maximum Gasteiger partial charge on any atom is 0.410 e. The smallest absolute Gasteiger partial charge is 0.410 e. The van der Waals surface area contributed by atoms with Crippen molar-refractivity contribution in [3.05, 3.63) is 18.3 Å². The third kappa shape index (κ3) is 3.87. The lowest BCUT2D eigenvalue weighted by Crippen LogP contribution is -2.57. The molecule has 1 aliphatic heterocycles. The van der Waals surface area contributed by atoms with Crippen molar-refractivity contribution in [1.82, 2.24) is 9.88 Å². The zero-order valence-corrected chi connectivity index (χ0v) is 13.3. The van der Waals surface area contributed by atoms with Gasteiger partial charge in [-0.2, -0.15) is 0 Å². The molecule has 22 heavy (non-hydrogen) atoms. The number of ether oxygens (including phenoxy) is 2. The first-order valence-electron chi connectivity index (χ1n) is 7.10. The van der Waals surface area contributed by atoms with E-state index in [1.807, 2.05) is 0 Å². The van der Waals surface area contributed by atoms with Crippen LogP contribution in [0, 0.1) is 0 Å². The largest absolute Gasteiger partial charge is 0.481 e. The van der Waals surface area contributed by atoms with E-state index in [1.54, 1.807) is 32.9 Å². The van der Waals surface area contributed by atoms with Crippen LogP contribution in [0.1, 0.15) is 27.2 Å². The summed E-state index contributed by atoms with van der Waals surface area (Å²) in [6, 6.07) is 2.85. The Morgan fingerprint density at radius 1 is 1.36 bits per heavy atom. The number of methoxy groups -OCH3 is 1. The minimum atomic E-state index is -0.576. The van der Waals surface area contributed by atoms with Gasteiger partial charge in [0.1, 0.15) is 11.6 Å². The van der Waals surface area contributed by atoms with Gasteiger partial charge in [0.2, 0.25) is 11.8 Å². The van der Waals surface area contributed by atoms with Gasteiger partial charge in [0.25, 0.3) is 0 Å². The summed E-state index contributed by atoms with van der Waals surface area (Å²) in [4.78, 5) is 29.6. The van der Waals surface area contributed by atoms with Gasteiger partial charge in [0.15, 0.2) is 0 Å². The highest BCUT2D eigenvalue weighted by atomic mass is 16.6. The Balaban J connectivity index is 1.93. The summed E-state index contributed by atoms with van der Waals surface area (Å²) in [5.74, 6) is 0.223. The molecule has 0 aromatic carbocycles. The van der Waals surface area contributed by atoms with Crippen LogP contribution in [0.25, 0.3) is 0 Å². The quantitative estimate of drug-likeness (QED) is 0.924. The van der Waals surface area contributed by atoms with Crippen molar-refractivity contribution in [2.75, 3.05) is 19.0 Å². The van der Waals surface area contributed by atoms with Gasteiger partial charge in [-0.25, -0.2) is 9.78 Å². The minimum absolute atomic E-state index is 0.246. The van der Waals surface area contributed by atoms with E-state index in [9.17, 15) is 9.59 Å². The Bertz CT molecular complexity index is 551. The van der Waals surface area contributed by atoms with Crippen molar-refractivity contribution in [2.24, 2.45) is 0 Å². The molecule has 7 nitrogen and oxygen atoms in total. The molecule has 0 radical (unpaired) electrons. The van der Waals surface area contributed by atoms with Crippen LogP contribution in [-0.4, -0.2) is 47.2 Å².